The van der Waals surface area contributed by atoms with E-state index in [1.165, 1.54) is 17.6 Å². The minimum Gasteiger partial charge on any atom is -0.317 e. The molecule has 0 spiro atoms. The highest BCUT2D eigenvalue weighted by Gasteiger charge is 2.35. The maximum absolute atomic E-state index is 12.3. The van der Waals surface area contributed by atoms with Gasteiger partial charge in [0, 0.05) is 11.8 Å². The molecule has 1 amide bonds. The predicted molar refractivity (Wildman–Crippen MR) is 75.7 cm³/mol. The number of ketones is 1. The van der Waals surface area contributed by atoms with Crippen LogP contribution in [-0.4, -0.2) is 23.9 Å². The zero-order chi connectivity index (χ0) is 13.2. The van der Waals surface area contributed by atoms with E-state index in [1.807, 2.05) is 23.6 Å². The Bertz CT molecular complexity index is 560. The molecule has 1 aromatic heterocycles. The Balaban J connectivity index is 1.78. The number of thiophene rings is 1. The van der Waals surface area contributed by atoms with Gasteiger partial charge in [-0.05, 0) is 36.8 Å². The van der Waals surface area contributed by atoms with Crippen molar-refractivity contribution in [2.45, 2.75) is 25.3 Å². The van der Waals surface area contributed by atoms with E-state index in [0.717, 1.165) is 29.8 Å². The van der Waals surface area contributed by atoms with Crippen molar-refractivity contribution in [2.24, 2.45) is 10.9 Å². The van der Waals surface area contributed by atoms with Crippen molar-refractivity contribution in [3.63, 3.8) is 0 Å². The molecule has 2 atom stereocenters. The van der Waals surface area contributed by atoms with Crippen molar-refractivity contribution in [3.8, 4) is 0 Å². The second kappa shape index (κ2) is 5.09. The molecule has 98 valence electrons. The summed E-state index contributed by atoms with van der Waals surface area (Å²) in [7, 11) is 0. The number of aliphatic imine (C=N–C) groups is 1. The van der Waals surface area contributed by atoms with Gasteiger partial charge in [0.15, 0.2) is 5.78 Å². The first-order valence-electron chi connectivity index (χ1n) is 6.37. The second-order valence-electron chi connectivity index (χ2n) is 4.71. The standard InChI is InChI=1S/C14H14N2O2S/c17-13-9-4-1-2-5-11(9)15-8-10(13)14(18)16-12-6-3-7-19-12/h3-4,6-8,10-11H,1-2,5H2,(H,16,18). The van der Waals surface area contributed by atoms with Crippen LogP contribution >= 0.6 is 11.3 Å². The first-order chi connectivity index (χ1) is 9.25. The van der Waals surface area contributed by atoms with E-state index < -0.39 is 5.92 Å². The smallest absolute Gasteiger partial charge is 0.241 e. The summed E-state index contributed by atoms with van der Waals surface area (Å²) in [4.78, 5) is 28.8. The zero-order valence-electron chi connectivity index (χ0n) is 10.3. The lowest BCUT2D eigenvalue weighted by Gasteiger charge is -2.26. The minimum absolute atomic E-state index is 0.0213. The van der Waals surface area contributed by atoms with Gasteiger partial charge in [0.1, 0.15) is 5.92 Å². The number of hydrogen-bond donors (Lipinski definition) is 1. The third-order valence-electron chi connectivity index (χ3n) is 3.44. The first-order valence-corrected chi connectivity index (χ1v) is 7.25. The molecule has 1 aliphatic heterocycles. The van der Waals surface area contributed by atoms with Crippen LogP contribution in [0.2, 0.25) is 0 Å². The fourth-order valence-electron chi connectivity index (χ4n) is 2.45. The Morgan fingerprint density at radius 1 is 1.47 bits per heavy atom. The summed E-state index contributed by atoms with van der Waals surface area (Å²) < 4.78 is 0. The Morgan fingerprint density at radius 3 is 3.16 bits per heavy atom. The number of fused-ring (bicyclic) bond motifs is 1. The van der Waals surface area contributed by atoms with Gasteiger partial charge in [-0.1, -0.05) is 6.08 Å². The number of allylic oxidation sites excluding steroid dienone is 1. The van der Waals surface area contributed by atoms with Gasteiger partial charge in [-0.3, -0.25) is 14.6 Å². The van der Waals surface area contributed by atoms with E-state index in [4.69, 9.17) is 0 Å². The summed E-state index contributed by atoms with van der Waals surface area (Å²) in [6.45, 7) is 0. The molecule has 1 aromatic rings. The van der Waals surface area contributed by atoms with Gasteiger partial charge in [0.25, 0.3) is 0 Å². The predicted octanol–water partition coefficient (Wildman–Crippen LogP) is 2.44. The number of nitrogens with one attached hydrogen (secondary N) is 1. The van der Waals surface area contributed by atoms with E-state index in [-0.39, 0.29) is 17.7 Å². The largest absolute Gasteiger partial charge is 0.317 e. The highest BCUT2D eigenvalue weighted by Crippen LogP contribution is 2.28. The molecule has 5 heteroatoms. The average molecular weight is 274 g/mol. The lowest BCUT2D eigenvalue weighted by molar-refractivity contribution is -0.126. The van der Waals surface area contributed by atoms with Gasteiger partial charge in [0.2, 0.25) is 5.91 Å². The van der Waals surface area contributed by atoms with Crippen molar-refractivity contribution < 1.29 is 9.59 Å². The molecule has 1 N–H and O–H groups in total. The van der Waals surface area contributed by atoms with Crippen molar-refractivity contribution >= 4 is 34.2 Å². The molecule has 2 aliphatic rings. The number of hydrogen-bond acceptors (Lipinski definition) is 4. The summed E-state index contributed by atoms with van der Waals surface area (Å²) in [6.07, 6.45) is 6.33. The highest BCUT2D eigenvalue weighted by molar-refractivity contribution is 7.14. The highest BCUT2D eigenvalue weighted by atomic mass is 32.1. The maximum atomic E-state index is 12.3. The molecule has 19 heavy (non-hydrogen) atoms. The Kier molecular flexibility index (Phi) is 3.29. The first kappa shape index (κ1) is 12.3. The molecular weight excluding hydrogens is 260 g/mol. The van der Waals surface area contributed by atoms with Crippen LogP contribution in [0.4, 0.5) is 5.00 Å². The van der Waals surface area contributed by atoms with Gasteiger partial charge in [-0.15, -0.1) is 11.3 Å². The van der Waals surface area contributed by atoms with E-state index in [9.17, 15) is 9.59 Å². The van der Waals surface area contributed by atoms with E-state index >= 15 is 0 Å². The van der Waals surface area contributed by atoms with Crippen molar-refractivity contribution in [1.82, 2.24) is 0 Å². The van der Waals surface area contributed by atoms with Gasteiger partial charge in [0.05, 0.1) is 11.0 Å². The molecule has 4 nitrogen and oxygen atoms in total. The van der Waals surface area contributed by atoms with Crippen LogP contribution in [0.15, 0.2) is 34.2 Å². The maximum Gasteiger partial charge on any atom is 0.241 e. The SMILES string of the molecule is O=C(Nc1cccs1)C1C=NC2CCCC=C2C1=O. The molecule has 0 aromatic carbocycles. The Labute approximate surface area is 115 Å². The van der Waals surface area contributed by atoms with Crippen LogP contribution in [-0.2, 0) is 9.59 Å². The quantitative estimate of drug-likeness (QED) is 0.842. The summed E-state index contributed by atoms with van der Waals surface area (Å²) in [6, 6.07) is 3.65. The summed E-state index contributed by atoms with van der Waals surface area (Å²) >= 11 is 1.44. The number of amides is 1. The Morgan fingerprint density at radius 2 is 2.37 bits per heavy atom. The van der Waals surface area contributed by atoms with Crippen LogP contribution in [0.25, 0.3) is 0 Å². The van der Waals surface area contributed by atoms with Crippen molar-refractivity contribution in [2.75, 3.05) is 5.32 Å². The third-order valence-corrected chi connectivity index (χ3v) is 4.22. The fourth-order valence-corrected chi connectivity index (χ4v) is 3.07. The molecule has 0 fully saturated rings. The normalized spacial score (nSPS) is 25.7. The second-order valence-corrected chi connectivity index (χ2v) is 5.66. The lowest BCUT2D eigenvalue weighted by Crippen LogP contribution is -2.38. The minimum atomic E-state index is -0.775. The number of nitrogens with zero attached hydrogens (tertiary/aromatic N) is 1. The van der Waals surface area contributed by atoms with Crippen molar-refractivity contribution in [3.05, 3.63) is 29.2 Å². The summed E-state index contributed by atoms with van der Waals surface area (Å²) in [5, 5.41) is 5.39. The van der Waals surface area contributed by atoms with Crippen LogP contribution in [0.5, 0.6) is 0 Å². The zero-order valence-corrected chi connectivity index (χ0v) is 11.2. The molecule has 0 saturated carbocycles. The topological polar surface area (TPSA) is 58.5 Å². The average Bonchev–Trinajstić information content (AvgIpc) is 2.92. The molecule has 0 radical (unpaired) electrons. The lowest BCUT2D eigenvalue weighted by atomic mass is 9.84. The number of carbonyl (C=O) groups is 2. The molecule has 0 saturated heterocycles. The van der Waals surface area contributed by atoms with Crippen LogP contribution in [0, 0.1) is 5.92 Å². The van der Waals surface area contributed by atoms with E-state index in [1.54, 1.807) is 0 Å². The molecular formula is C14H14N2O2S. The van der Waals surface area contributed by atoms with Crippen LogP contribution in [0.1, 0.15) is 19.3 Å². The van der Waals surface area contributed by atoms with E-state index in [0.29, 0.717) is 0 Å². The molecule has 0 bridgehead atoms. The van der Waals surface area contributed by atoms with Gasteiger partial charge < -0.3 is 5.32 Å². The molecule has 1 aliphatic carbocycles. The third kappa shape index (κ3) is 2.38. The molecule has 2 unspecified atom stereocenters. The van der Waals surface area contributed by atoms with Crippen molar-refractivity contribution in [1.29, 1.82) is 0 Å². The van der Waals surface area contributed by atoms with Crippen LogP contribution in [0.3, 0.4) is 0 Å². The number of anilines is 1. The van der Waals surface area contributed by atoms with Gasteiger partial charge in [-0.25, -0.2) is 0 Å². The summed E-state index contributed by atoms with van der Waals surface area (Å²) in [5.74, 6) is -1.16. The number of carbonyl (C=O) groups excluding carboxylic acids is 2. The van der Waals surface area contributed by atoms with E-state index in [2.05, 4.69) is 10.3 Å². The fraction of sp³-hybridized carbons (Fsp3) is 0.357. The van der Waals surface area contributed by atoms with Crippen LogP contribution < -0.4 is 5.32 Å². The molecule has 3 rings (SSSR count). The summed E-state index contributed by atoms with van der Waals surface area (Å²) in [5.41, 5.74) is 0.722. The number of Topliss-reactive ketones (excluding diaryl/α,β-unsaturated/α-hetero) is 1. The molecule has 2 heterocycles. The Hall–Kier alpha value is -1.75. The monoisotopic (exact) mass is 274 g/mol. The van der Waals surface area contributed by atoms with Gasteiger partial charge >= 0.3 is 0 Å². The van der Waals surface area contributed by atoms with Gasteiger partial charge in [-0.2, -0.15) is 0 Å². The number of rotatable bonds is 2.